The molecule has 0 saturated carbocycles. The van der Waals surface area contributed by atoms with Gasteiger partial charge in [-0.3, -0.25) is 10.1 Å². The number of anilines is 1. The van der Waals surface area contributed by atoms with Gasteiger partial charge < -0.3 is 19.9 Å². The number of nitrogens with one attached hydrogen (secondary N) is 1. The van der Waals surface area contributed by atoms with Crippen LogP contribution in [0.3, 0.4) is 0 Å². The lowest BCUT2D eigenvalue weighted by Gasteiger charge is -2.24. The Kier molecular flexibility index (Phi) is 7.49. The first kappa shape index (κ1) is 22.6. The Hall–Kier alpha value is -3.10. The van der Waals surface area contributed by atoms with Crippen LogP contribution in [0.15, 0.2) is 71.2 Å². The normalized spacial score (nSPS) is 12.6. The maximum Gasteiger partial charge on any atom is 0.269 e. The number of benzene rings is 3. The molecule has 3 rings (SSSR count). The molecule has 3 aromatic carbocycles. The summed E-state index contributed by atoms with van der Waals surface area (Å²) in [5.41, 5.74) is 2.42. The fourth-order valence-electron chi connectivity index (χ4n) is 3.27. The Labute approximate surface area is 188 Å². The molecule has 7 nitrogen and oxygen atoms in total. The maximum absolute atomic E-state index is 11.0. The van der Waals surface area contributed by atoms with Crippen LogP contribution in [-0.2, 0) is 0 Å². The number of halogens is 1. The van der Waals surface area contributed by atoms with E-state index in [1.807, 2.05) is 24.3 Å². The van der Waals surface area contributed by atoms with Crippen LogP contribution >= 0.6 is 15.9 Å². The monoisotopic (exact) mass is 486 g/mol. The van der Waals surface area contributed by atoms with Crippen LogP contribution < -0.4 is 14.8 Å². The molecule has 3 aromatic rings. The molecule has 2 unspecified atom stereocenters. The van der Waals surface area contributed by atoms with Gasteiger partial charge in [-0.25, -0.2) is 0 Å². The zero-order valence-electron chi connectivity index (χ0n) is 17.1. The molecular formula is C23H23BrN2O5. The number of aliphatic hydroxyl groups excluding tert-OH is 1. The molecule has 0 aliphatic carbocycles. The minimum absolute atomic E-state index is 0.0242. The highest BCUT2D eigenvalue weighted by Gasteiger charge is 2.20. The number of nitrogens with zero attached hydrogens (tertiary/aromatic N) is 1. The third-order valence-electron chi connectivity index (χ3n) is 4.94. The number of hydrogen-bond acceptors (Lipinski definition) is 6. The molecule has 0 spiro atoms. The van der Waals surface area contributed by atoms with Crippen molar-refractivity contribution in [2.24, 2.45) is 0 Å². The predicted molar refractivity (Wildman–Crippen MR) is 123 cm³/mol. The van der Waals surface area contributed by atoms with Crippen molar-refractivity contribution in [2.75, 3.05) is 19.5 Å². The first-order chi connectivity index (χ1) is 14.9. The van der Waals surface area contributed by atoms with Crippen molar-refractivity contribution in [3.05, 3.63) is 92.4 Å². The first-order valence-electron chi connectivity index (χ1n) is 9.57. The van der Waals surface area contributed by atoms with Gasteiger partial charge in [0, 0.05) is 28.7 Å². The number of ether oxygens (including phenoxy) is 2. The average molecular weight is 487 g/mol. The van der Waals surface area contributed by atoms with Gasteiger partial charge in [0.05, 0.1) is 31.3 Å². The van der Waals surface area contributed by atoms with Crippen molar-refractivity contribution in [3.8, 4) is 11.5 Å². The van der Waals surface area contributed by atoms with Gasteiger partial charge in [-0.1, -0.05) is 34.1 Å². The van der Waals surface area contributed by atoms with Crippen LogP contribution in [0.4, 0.5) is 11.4 Å². The van der Waals surface area contributed by atoms with Crippen LogP contribution in [0.1, 0.15) is 29.7 Å². The van der Waals surface area contributed by atoms with Crippen molar-refractivity contribution in [2.45, 2.75) is 18.6 Å². The van der Waals surface area contributed by atoms with E-state index >= 15 is 0 Å². The van der Waals surface area contributed by atoms with Gasteiger partial charge in [0.1, 0.15) is 0 Å². The van der Waals surface area contributed by atoms with Gasteiger partial charge in [-0.05, 0) is 47.5 Å². The van der Waals surface area contributed by atoms with E-state index in [-0.39, 0.29) is 11.7 Å². The first-order valence-corrected chi connectivity index (χ1v) is 10.4. The number of hydrogen-bond donors (Lipinski definition) is 2. The van der Waals surface area contributed by atoms with E-state index in [0.29, 0.717) is 23.5 Å². The summed E-state index contributed by atoms with van der Waals surface area (Å²) >= 11 is 3.44. The number of aliphatic hydroxyl groups is 1. The van der Waals surface area contributed by atoms with Gasteiger partial charge >= 0.3 is 0 Å². The lowest BCUT2D eigenvalue weighted by Crippen LogP contribution is -2.15. The second-order valence-electron chi connectivity index (χ2n) is 6.92. The Morgan fingerprint density at radius 3 is 2.16 bits per heavy atom. The molecule has 0 aliphatic heterocycles. The summed E-state index contributed by atoms with van der Waals surface area (Å²) in [6.45, 7) is 0. The van der Waals surface area contributed by atoms with Crippen molar-refractivity contribution in [3.63, 3.8) is 0 Å². The molecule has 0 bridgehead atoms. The van der Waals surface area contributed by atoms with E-state index in [2.05, 4.69) is 21.2 Å². The van der Waals surface area contributed by atoms with Crippen LogP contribution in [0.2, 0.25) is 0 Å². The SMILES string of the molecule is COc1ccc(C(O)CC(Nc2ccc([N+](=O)[O-])cc2)c2ccc(Br)cc2)cc1OC. The Morgan fingerprint density at radius 2 is 1.58 bits per heavy atom. The van der Waals surface area contributed by atoms with Gasteiger partial charge in [0.2, 0.25) is 0 Å². The highest BCUT2D eigenvalue weighted by atomic mass is 79.9. The Balaban J connectivity index is 1.85. The predicted octanol–water partition coefficient (Wildman–Crippen LogP) is 5.65. The van der Waals surface area contributed by atoms with Gasteiger partial charge in [-0.15, -0.1) is 0 Å². The van der Waals surface area contributed by atoms with E-state index in [1.54, 1.807) is 44.6 Å². The number of nitro benzene ring substituents is 1. The van der Waals surface area contributed by atoms with E-state index in [1.165, 1.54) is 12.1 Å². The van der Waals surface area contributed by atoms with E-state index in [9.17, 15) is 15.2 Å². The summed E-state index contributed by atoms with van der Waals surface area (Å²) in [5.74, 6) is 1.13. The standard InChI is InChI=1S/C23H23BrN2O5/c1-30-22-12-5-16(13-23(22)31-2)21(27)14-20(15-3-6-17(24)7-4-15)25-18-8-10-19(11-9-18)26(28)29/h3-13,20-21,25,27H,14H2,1-2H3. The highest BCUT2D eigenvalue weighted by Crippen LogP contribution is 2.35. The molecule has 8 heteroatoms. The maximum atomic E-state index is 11.0. The number of methoxy groups -OCH3 is 2. The fourth-order valence-corrected chi connectivity index (χ4v) is 3.54. The number of rotatable bonds is 9. The summed E-state index contributed by atoms with van der Waals surface area (Å²) in [5, 5.41) is 25.2. The molecule has 0 fully saturated rings. The Morgan fingerprint density at radius 1 is 0.968 bits per heavy atom. The van der Waals surface area contributed by atoms with E-state index < -0.39 is 11.0 Å². The lowest BCUT2D eigenvalue weighted by atomic mass is 9.96. The lowest BCUT2D eigenvalue weighted by molar-refractivity contribution is -0.384. The van der Waals surface area contributed by atoms with Crippen molar-refractivity contribution >= 4 is 27.3 Å². The molecule has 0 amide bonds. The van der Waals surface area contributed by atoms with Crippen molar-refractivity contribution < 1.29 is 19.5 Å². The molecule has 2 N–H and O–H groups in total. The summed E-state index contributed by atoms with van der Waals surface area (Å²) in [7, 11) is 3.11. The van der Waals surface area contributed by atoms with Crippen molar-refractivity contribution in [1.29, 1.82) is 0 Å². The quantitative estimate of drug-likeness (QED) is 0.299. The van der Waals surface area contributed by atoms with Crippen LogP contribution in [0, 0.1) is 10.1 Å². The van der Waals surface area contributed by atoms with Crippen molar-refractivity contribution in [1.82, 2.24) is 0 Å². The summed E-state index contributed by atoms with van der Waals surface area (Å²) in [6.07, 6.45) is -0.410. The minimum Gasteiger partial charge on any atom is -0.493 e. The number of non-ortho nitro benzene ring substituents is 1. The third kappa shape index (κ3) is 5.74. The smallest absolute Gasteiger partial charge is 0.269 e. The minimum atomic E-state index is -0.779. The second-order valence-corrected chi connectivity index (χ2v) is 7.83. The molecule has 0 heterocycles. The second kappa shape index (κ2) is 10.3. The van der Waals surface area contributed by atoms with Gasteiger partial charge in [0.25, 0.3) is 5.69 Å². The molecule has 0 aliphatic rings. The van der Waals surface area contributed by atoms with E-state index in [4.69, 9.17) is 9.47 Å². The Bertz CT molecular complexity index is 1030. The zero-order chi connectivity index (χ0) is 22.4. The summed E-state index contributed by atoms with van der Waals surface area (Å²) in [6, 6.07) is 19.1. The molecule has 0 aromatic heterocycles. The fraction of sp³-hybridized carbons (Fsp3) is 0.217. The van der Waals surface area contributed by atoms with Crippen LogP contribution in [0.25, 0.3) is 0 Å². The van der Waals surface area contributed by atoms with Crippen LogP contribution in [-0.4, -0.2) is 24.2 Å². The molecule has 2 atom stereocenters. The van der Waals surface area contributed by atoms with E-state index in [0.717, 1.165) is 15.7 Å². The molecule has 31 heavy (non-hydrogen) atoms. The van der Waals surface area contributed by atoms with Crippen LogP contribution in [0.5, 0.6) is 11.5 Å². The van der Waals surface area contributed by atoms with Gasteiger partial charge in [0.15, 0.2) is 11.5 Å². The molecular weight excluding hydrogens is 464 g/mol. The molecule has 0 radical (unpaired) electrons. The van der Waals surface area contributed by atoms with Gasteiger partial charge in [-0.2, -0.15) is 0 Å². The highest BCUT2D eigenvalue weighted by molar-refractivity contribution is 9.10. The largest absolute Gasteiger partial charge is 0.493 e. The zero-order valence-corrected chi connectivity index (χ0v) is 18.7. The molecule has 0 saturated heterocycles. The number of nitro groups is 1. The summed E-state index contributed by atoms with van der Waals surface area (Å²) < 4.78 is 11.6. The summed E-state index contributed by atoms with van der Waals surface area (Å²) in [4.78, 5) is 10.5. The third-order valence-corrected chi connectivity index (χ3v) is 5.47. The molecule has 162 valence electrons. The average Bonchev–Trinajstić information content (AvgIpc) is 2.79. The topological polar surface area (TPSA) is 93.9 Å².